The Morgan fingerprint density at radius 3 is 2.85 bits per heavy atom. The van der Waals surface area contributed by atoms with E-state index in [0.29, 0.717) is 18.7 Å². The number of amides is 2. The van der Waals surface area contributed by atoms with Crippen LogP contribution in [0.15, 0.2) is 12.4 Å². The normalized spacial score (nSPS) is 16.7. The number of carbonyl (C=O) groups excluding carboxylic acids is 2. The van der Waals surface area contributed by atoms with E-state index in [0.717, 1.165) is 42.0 Å². The number of aromatic amines is 1. The molecule has 3 rings (SSSR count). The van der Waals surface area contributed by atoms with Gasteiger partial charge < -0.3 is 10.2 Å². The van der Waals surface area contributed by atoms with E-state index in [-0.39, 0.29) is 17.9 Å². The van der Waals surface area contributed by atoms with Gasteiger partial charge in [-0.3, -0.25) is 24.7 Å². The minimum absolute atomic E-state index is 0.0696. The third-order valence-electron chi connectivity index (χ3n) is 4.74. The molecule has 1 aliphatic rings. The molecule has 2 amide bonds. The molecule has 0 unspecified atom stereocenters. The minimum atomic E-state index is -0.110. The highest BCUT2D eigenvalue weighted by atomic mass is 16.2. The predicted octanol–water partition coefficient (Wildman–Crippen LogP) is 1.36. The van der Waals surface area contributed by atoms with Crippen molar-refractivity contribution in [1.29, 1.82) is 0 Å². The highest BCUT2D eigenvalue weighted by molar-refractivity contribution is 5.80. The number of rotatable bonds is 5. The quantitative estimate of drug-likeness (QED) is 0.842. The highest BCUT2D eigenvalue weighted by Crippen LogP contribution is 2.31. The first kappa shape index (κ1) is 18.0. The predicted molar refractivity (Wildman–Crippen MR) is 95.0 cm³/mol. The number of aromatic nitrogens is 4. The van der Waals surface area contributed by atoms with Crippen LogP contribution in [0.1, 0.15) is 54.1 Å². The Hall–Kier alpha value is -2.77. The average molecular weight is 356 g/mol. The minimum Gasteiger partial charge on any atom is -0.351 e. The van der Waals surface area contributed by atoms with E-state index in [4.69, 9.17) is 0 Å². The van der Waals surface area contributed by atoms with E-state index >= 15 is 0 Å². The summed E-state index contributed by atoms with van der Waals surface area (Å²) in [5.74, 6) is -0.0325. The average Bonchev–Trinajstić information content (AvgIpc) is 3.22. The molecule has 0 aliphatic carbocycles. The van der Waals surface area contributed by atoms with Gasteiger partial charge in [0.15, 0.2) is 0 Å². The second-order valence-corrected chi connectivity index (χ2v) is 6.68. The van der Waals surface area contributed by atoms with Gasteiger partial charge in [0, 0.05) is 24.7 Å². The van der Waals surface area contributed by atoms with Crippen molar-refractivity contribution in [2.24, 2.45) is 0 Å². The SMILES string of the molecule is CC(=O)NCc1cncc([C@H]2CCCN2C(=O)Cc2c(C)n[nH]c2C)n1. The van der Waals surface area contributed by atoms with Crippen molar-refractivity contribution >= 4 is 11.8 Å². The highest BCUT2D eigenvalue weighted by Gasteiger charge is 2.31. The van der Waals surface area contributed by atoms with E-state index in [2.05, 4.69) is 25.5 Å². The van der Waals surface area contributed by atoms with Crippen LogP contribution in [0.3, 0.4) is 0 Å². The first-order valence-corrected chi connectivity index (χ1v) is 8.81. The van der Waals surface area contributed by atoms with Gasteiger partial charge in [-0.05, 0) is 26.7 Å². The maximum absolute atomic E-state index is 12.9. The molecule has 2 aromatic heterocycles. The van der Waals surface area contributed by atoms with Crippen LogP contribution < -0.4 is 5.32 Å². The Morgan fingerprint density at radius 2 is 2.15 bits per heavy atom. The first-order chi connectivity index (χ1) is 12.5. The van der Waals surface area contributed by atoms with Crippen molar-refractivity contribution in [1.82, 2.24) is 30.4 Å². The molecule has 0 spiro atoms. The van der Waals surface area contributed by atoms with Crippen LogP contribution in [0, 0.1) is 13.8 Å². The summed E-state index contributed by atoms with van der Waals surface area (Å²) in [4.78, 5) is 34.7. The Labute approximate surface area is 152 Å². The van der Waals surface area contributed by atoms with Gasteiger partial charge in [-0.15, -0.1) is 0 Å². The molecule has 1 fully saturated rings. The molecule has 1 saturated heterocycles. The Morgan fingerprint density at radius 1 is 1.35 bits per heavy atom. The lowest BCUT2D eigenvalue weighted by atomic mass is 10.1. The third kappa shape index (κ3) is 3.89. The van der Waals surface area contributed by atoms with E-state index in [1.165, 1.54) is 6.92 Å². The van der Waals surface area contributed by atoms with Gasteiger partial charge in [-0.1, -0.05) is 0 Å². The molecule has 1 atom stereocenters. The fourth-order valence-corrected chi connectivity index (χ4v) is 3.34. The zero-order valence-electron chi connectivity index (χ0n) is 15.4. The third-order valence-corrected chi connectivity index (χ3v) is 4.74. The monoisotopic (exact) mass is 356 g/mol. The molecule has 8 nitrogen and oxygen atoms in total. The van der Waals surface area contributed by atoms with Crippen LogP contribution in [0.5, 0.6) is 0 Å². The summed E-state index contributed by atoms with van der Waals surface area (Å²) in [5.41, 5.74) is 4.23. The van der Waals surface area contributed by atoms with Crippen molar-refractivity contribution in [2.45, 2.75) is 52.6 Å². The number of hydrogen-bond donors (Lipinski definition) is 2. The number of nitrogens with zero attached hydrogens (tertiary/aromatic N) is 4. The summed E-state index contributed by atoms with van der Waals surface area (Å²) in [7, 11) is 0. The number of aryl methyl sites for hydroxylation is 2. The summed E-state index contributed by atoms with van der Waals surface area (Å²) in [5, 5.41) is 9.82. The largest absolute Gasteiger partial charge is 0.351 e. The Bertz CT molecular complexity index is 796. The fraction of sp³-hybridized carbons (Fsp3) is 0.500. The van der Waals surface area contributed by atoms with Crippen molar-refractivity contribution in [3.8, 4) is 0 Å². The summed E-state index contributed by atoms with van der Waals surface area (Å²) in [6.07, 6.45) is 5.50. The van der Waals surface area contributed by atoms with Gasteiger partial charge in [-0.2, -0.15) is 5.10 Å². The van der Waals surface area contributed by atoms with E-state index in [1.54, 1.807) is 12.4 Å². The molecule has 0 radical (unpaired) electrons. The number of carbonyl (C=O) groups is 2. The standard InChI is InChI=1S/C18H24N6O2/c1-11-15(12(2)23-22-11)7-18(26)24-6-4-5-17(24)16-10-19-8-14(21-16)9-20-13(3)25/h8,10,17H,4-7,9H2,1-3H3,(H,20,25)(H,22,23)/t17-/m1/s1. The fourth-order valence-electron chi connectivity index (χ4n) is 3.34. The molecule has 1 aliphatic heterocycles. The van der Waals surface area contributed by atoms with Crippen LogP contribution >= 0.6 is 0 Å². The summed E-state index contributed by atoms with van der Waals surface area (Å²) >= 11 is 0. The van der Waals surface area contributed by atoms with Crippen LogP contribution in [-0.2, 0) is 22.6 Å². The number of likely N-dealkylation sites (tertiary alicyclic amines) is 1. The van der Waals surface area contributed by atoms with E-state index in [1.807, 2.05) is 18.7 Å². The lowest BCUT2D eigenvalue weighted by Crippen LogP contribution is -2.32. The first-order valence-electron chi connectivity index (χ1n) is 8.81. The van der Waals surface area contributed by atoms with E-state index < -0.39 is 0 Å². The lowest BCUT2D eigenvalue weighted by molar-refractivity contribution is -0.131. The van der Waals surface area contributed by atoms with E-state index in [9.17, 15) is 9.59 Å². The van der Waals surface area contributed by atoms with Gasteiger partial charge in [0.25, 0.3) is 0 Å². The molecule has 138 valence electrons. The molecule has 3 heterocycles. The molecular weight excluding hydrogens is 332 g/mol. The molecule has 2 aromatic rings. The smallest absolute Gasteiger partial charge is 0.227 e. The number of nitrogens with one attached hydrogen (secondary N) is 2. The Balaban J connectivity index is 1.74. The van der Waals surface area contributed by atoms with Crippen molar-refractivity contribution in [3.05, 3.63) is 40.7 Å². The van der Waals surface area contributed by atoms with Gasteiger partial charge >= 0.3 is 0 Å². The molecule has 0 bridgehead atoms. The van der Waals surface area contributed by atoms with Gasteiger partial charge in [0.1, 0.15) is 0 Å². The van der Waals surface area contributed by atoms with Crippen molar-refractivity contribution in [2.75, 3.05) is 6.54 Å². The molecule has 26 heavy (non-hydrogen) atoms. The van der Waals surface area contributed by atoms with Gasteiger partial charge in [0.2, 0.25) is 11.8 Å². The molecule has 2 N–H and O–H groups in total. The molecule has 0 saturated carbocycles. The maximum Gasteiger partial charge on any atom is 0.227 e. The van der Waals surface area contributed by atoms with Gasteiger partial charge in [-0.25, -0.2) is 0 Å². The summed E-state index contributed by atoms with van der Waals surface area (Å²) < 4.78 is 0. The second kappa shape index (κ2) is 7.63. The second-order valence-electron chi connectivity index (χ2n) is 6.68. The van der Waals surface area contributed by atoms with Crippen LogP contribution in [-0.4, -0.2) is 43.4 Å². The number of hydrogen-bond acceptors (Lipinski definition) is 5. The maximum atomic E-state index is 12.9. The van der Waals surface area contributed by atoms with Crippen LogP contribution in [0.25, 0.3) is 0 Å². The van der Waals surface area contributed by atoms with Crippen molar-refractivity contribution in [3.63, 3.8) is 0 Å². The zero-order chi connectivity index (χ0) is 18.7. The summed E-state index contributed by atoms with van der Waals surface area (Å²) in [6, 6.07) is -0.0696. The number of H-pyrrole nitrogens is 1. The summed E-state index contributed by atoms with van der Waals surface area (Å²) in [6.45, 7) is 6.36. The van der Waals surface area contributed by atoms with Crippen LogP contribution in [0.2, 0.25) is 0 Å². The van der Waals surface area contributed by atoms with Crippen molar-refractivity contribution < 1.29 is 9.59 Å². The zero-order valence-corrected chi connectivity index (χ0v) is 15.4. The topological polar surface area (TPSA) is 104 Å². The molecule has 8 heteroatoms. The Kier molecular flexibility index (Phi) is 5.29. The molecular formula is C18H24N6O2. The molecule has 0 aromatic carbocycles. The van der Waals surface area contributed by atoms with Gasteiger partial charge in [0.05, 0.1) is 48.5 Å². The lowest BCUT2D eigenvalue weighted by Gasteiger charge is -2.24. The van der Waals surface area contributed by atoms with Crippen LogP contribution in [0.4, 0.5) is 0 Å².